The molecule has 0 aliphatic rings. The number of hydrogen-bond acceptors (Lipinski definition) is 4. The third-order valence-electron chi connectivity index (χ3n) is 4.90. The lowest BCUT2D eigenvalue weighted by atomic mass is 10.1. The van der Waals surface area contributed by atoms with Crippen molar-refractivity contribution in [2.75, 3.05) is 59.3 Å². The molecule has 0 aliphatic carbocycles. The fraction of sp³-hybridized carbons (Fsp3) is 0.417. The molecule has 0 saturated carbocycles. The molecule has 0 aliphatic heterocycles. The number of benzene rings is 2. The first-order valence-corrected chi connectivity index (χ1v) is 10.6. The zero-order chi connectivity index (χ0) is 22.5. The minimum Gasteiger partial charge on any atom is -0.497 e. The van der Waals surface area contributed by atoms with Crippen molar-refractivity contribution < 1.29 is 9.53 Å². The van der Waals surface area contributed by atoms with Gasteiger partial charge in [-0.2, -0.15) is 0 Å². The van der Waals surface area contributed by atoms with E-state index in [0.29, 0.717) is 5.96 Å². The molecular weight excluding hydrogens is 517 g/mol. The number of para-hydroxylation sites is 1. The van der Waals surface area contributed by atoms with Crippen LogP contribution >= 0.6 is 24.0 Å². The Hall–Kier alpha value is -2.49. The van der Waals surface area contributed by atoms with Gasteiger partial charge in [0.25, 0.3) is 0 Å². The van der Waals surface area contributed by atoms with Gasteiger partial charge in [-0.25, -0.2) is 4.99 Å². The Morgan fingerprint density at radius 1 is 0.969 bits per heavy atom. The second-order valence-electron chi connectivity index (χ2n) is 7.52. The summed E-state index contributed by atoms with van der Waals surface area (Å²) in [5.41, 5.74) is 2.41. The number of carbonyl (C=O) groups excluding carboxylic acids is 1. The second-order valence-corrected chi connectivity index (χ2v) is 7.52. The van der Waals surface area contributed by atoms with E-state index in [1.807, 2.05) is 30.3 Å². The molecule has 0 aromatic heterocycles. The molecule has 2 N–H and O–H groups in total. The molecule has 7 nitrogen and oxygen atoms in total. The van der Waals surface area contributed by atoms with Gasteiger partial charge in [-0.05, 0) is 42.7 Å². The topological polar surface area (TPSA) is 69.2 Å². The minimum atomic E-state index is -0.0277. The van der Waals surface area contributed by atoms with E-state index in [-0.39, 0.29) is 36.4 Å². The summed E-state index contributed by atoms with van der Waals surface area (Å²) in [6, 6.07) is 18.4. The number of guanidine groups is 1. The van der Waals surface area contributed by atoms with E-state index in [1.54, 1.807) is 26.1 Å². The summed E-state index contributed by atoms with van der Waals surface area (Å²) in [7, 11) is 7.23. The SMILES string of the molecule is COc1ccc(CCNC(=NCC(=O)N(C)C)NCCCN(C)c2ccccc2)cc1.I. The number of halogens is 1. The molecule has 0 atom stereocenters. The van der Waals surface area contributed by atoms with Gasteiger partial charge in [0.05, 0.1) is 7.11 Å². The van der Waals surface area contributed by atoms with Crippen LogP contribution in [0.2, 0.25) is 0 Å². The van der Waals surface area contributed by atoms with Gasteiger partial charge in [0.15, 0.2) is 5.96 Å². The number of aliphatic imine (C=N–C) groups is 1. The lowest BCUT2D eigenvalue weighted by Gasteiger charge is -2.20. The number of carbonyl (C=O) groups is 1. The highest BCUT2D eigenvalue weighted by atomic mass is 127. The predicted molar refractivity (Wildman–Crippen MR) is 143 cm³/mol. The molecular formula is C24H36IN5O2. The quantitative estimate of drug-likeness (QED) is 0.194. The number of anilines is 1. The number of nitrogens with one attached hydrogen (secondary N) is 2. The van der Waals surface area contributed by atoms with E-state index in [4.69, 9.17) is 4.74 Å². The fourth-order valence-corrected chi connectivity index (χ4v) is 2.91. The largest absolute Gasteiger partial charge is 0.497 e. The van der Waals surface area contributed by atoms with Crippen LogP contribution in [0.3, 0.4) is 0 Å². The number of likely N-dealkylation sites (N-methyl/N-ethyl adjacent to an activating group) is 1. The summed E-state index contributed by atoms with van der Waals surface area (Å²) in [6.45, 7) is 2.53. The standard InChI is InChI=1S/C24H35N5O2.HI/c1-28(2)23(30)19-27-24(26-17-15-20-11-13-22(31-4)14-12-20)25-16-8-18-29(3)21-9-6-5-7-10-21;/h5-7,9-14H,8,15-19H2,1-4H3,(H2,25,26,27);1H. The van der Waals surface area contributed by atoms with E-state index in [0.717, 1.165) is 38.2 Å². The van der Waals surface area contributed by atoms with Crippen LogP contribution in [-0.4, -0.2) is 71.2 Å². The van der Waals surface area contributed by atoms with Crippen LogP contribution in [0.4, 0.5) is 5.69 Å². The van der Waals surface area contributed by atoms with Crippen LogP contribution < -0.4 is 20.3 Å². The summed E-state index contributed by atoms with van der Waals surface area (Å²) >= 11 is 0. The van der Waals surface area contributed by atoms with E-state index in [1.165, 1.54) is 11.3 Å². The Morgan fingerprint density at radius 2 is 1.62 bits per heavy atom. The molecule has 0 heterocycles. The first-order valence-electron chi connectivity index (χ1n) is 10.6. The van der Waals surface area contributed by atoms with Gasteiger partial charge < -0.3 is 25.2 Å². The summed E-state index contributed by atoms with van der Waals surface area (Å²) in [4.78, 5) is 20.1. The molecule has 2 aromatic rings. The molecule has 0 bridgehead atoms. The normalized spacial score (nSPS) is 10.7. The van der Waals surface area contributed by atoms with Crippen molar-refractivity contribution in [3.8, 4) is 5.75 Å². The van der Waals surface area contributed by atoms with Crippen LogP contribution in [-0.2, 0) is 11.2 Å². The van der Waals surface area contributed by atoms with Crippen molar-refractivity contribution in [3.05, 3.63) is 60.2 Å². The third kappa shape index (κ3) is 10.2. The van der Waals surface area contributed by atoms with Crippen LogP contribution in [0.1, 0.15) is 12.0 Å². The first-order chi connectivity index (χ1) is 15.0. The van der Waals surface area contributed by atoms with Crippen molar-refractivity contribution in [2.24, 2.45) is 4.99 Å². The average molecular weight is 553 g/mol. The summed E-state index contributed by atoms with van der Waals surface area (Å²) < 4.78 is 5.20. The number of ether oxygens (including phenoxy) is 1. The number of rotatable bonds is 11. The Morgan fingerprint density at radius 3 is 2.25 bits per heavy atom. The van der Waals surface area contributed by atoms with Crippen molar-refractivity contribution in [1.82, 2.24) is 15.5 Å². The molecule has 8 heteroatoms. The highest BCUT2D eigenvalue weighted by molar-refractivity contribution is 14.0. The monoisotopic (exact) mass is 553 g/mol. The maximum absolute atomic E-state index is 11.9. The molecule has 1 amide bonds. The maximum Gasteiger partial charge on any atom is 0.243 e. The minimum absolute atomic E-state index is 0. The molecule has 0 unspecified atom stereocenters. The highest BCUT2D eigenvalue weighted by Gasteiger charge is 2.05. The number of methoxy groups -OCH3 is 1. The fourth-order valence-electron chi connectivity index (χ4n) is 2.91. The molecule has 0 saturated heterocycles. The predicted octanol–water partition coefficient (Wildman–Crippen LogP) is 3.01. The molecule has 2 rings (SSSR count). The molecule has 32 heavy (non-hydrogen) atoms. The first kappa shape index (κ1) is 27.5. The summed E-state index contributed by atoms with van der Waals surface area (Å²) in [6.07, 6.45) is 1.80. The summed E-state index contributed by atoms with van der Waals surface area (Å²) in [5.74, 6) is 1.48. The smallest absolute Gasteiger partial charge is 0.243 e. The average Bonchev–Trinajstić information content (AvgIpc) is 2.80. The van der Waals surface area contributed by atoms with Crippen LogP contribution in [0.5, 0.6) is 5.75 Å². The molecule has 0 radical (unpaired) electrons. The number of amides is 1. The van der Waals surface area contributed by atoms with Gasteiger partial charge in [0.2, 0.25) is 5.91 Å². The van der Waals surface area contributed by atoms with Gasteiger partial charge in [-0.1, -0.05) is 30.3 Å². The van der Waals surface area contributed by atoms with Gasteiger partial charge in [-0.3, -0.25) is 4.79 Å². The highest BCUT2D eigenvalue weighted by Crippen LogP contribution is 2.11. The van der Waals surface area contributed by atoms with Crippen molar-refractivity contribution in [1.29, 1.82) is 0 Å². The van der Waals surface area contributed by atoms with E-state index >= 15 is 0 Å². The van der Waals surface area contributed by atoms with E-state index in [9.17, 15) is 4.79 Å². The Bertz CT molecular complexity index is 813. The number of nitrogens with zero attached hydrogens (tertiary/aromatic N) is 3. The van der Waals surface area contributed by atoms with Crippen molar-refractivity contribution in [3.63, 3.8) is 0 Å². The lowest BCUT2D eigenvalue weighted by Crippen LogP contribution is -2.40. The van der Waals surface area contributed by atoms with E-state index in [2.05, 4.69) is 51.8 Å². The Kier molecular flexibility index (Phi) is 13.2. The van der Waals surface area contributed by atoms with Gasteiger partial charge in [-0.15, -0.1) is 24.0 Å². The zero-order valence-electron chi connectivity index (χ0n) is 19.5. The Labute approximate surface area is 209 Å². The van der Waals surface area contributed by atoms with Crippen molar-refractivity contribution >= 4 is 41.5 Å². The maximum atomic E-state index is 11.9. The van der Waals surface area contributed by atoms with Crippen LogP contribution in [0, 0.1) is 0 Å². The second kappa shape index (κ2) is 15.3. The molecule has 0 fully saturated rings. The number of hydrogen-bond donors (Lipinski definition) is 2. The van der Waals surface area contributed by atoms with Crippen LogP contribution in [0.15, 0.2) is 59.6 Å². The Balaban J connectivity index is 0.00000512. The van der Waals surface area contributed by atoms with Gasteiger partial charge in [0.1, 0.15) is 12.3 Å². The summed E-state index contributed by atoms with van der Waals surface area (Å²) in [5, 5.41) is 6.68. The van der Waals surface area contributed by atoms with Crippen LogP contribution in [0.25, 0.3) is 0 Å². The van der Waals surface area contributed by atoms with Gasteiger partial charge >= 0.3 is 0 Å². The molecule has 176 valence electrons. The molecule has 0 spiro atoms. The zero-order valence-corrected chi connectivity index (χ0v) is 21.8. The molecule has 2 aromatic carbocycles. The van der Waals surface area contributed by atoms with Crippen molar-refractivity contribution in [2.45, 2.75) is 12.8 Å². The lowest BCUT2D eigenvalue weighted by molar-refractivity contribution is -0.127. The van der Waals surface area contributed by atoms with Gasteiger partial charge in [0, 0.05) is 46.5 Å². The van der Waals surface area contributed by atoms with E-state index < -0.39 is 0 Å². The third-order valence-corrected chi connectivity index (χ3v) is 4.90.